The molecule has 1 atom stereocenters. The molecule has 1 unspecified atom stereocenters. The number of rotatable bonds is 10. The number of carbonyl (C=O) groups excluding carboxylic acids is 2. The van der Waals surface area contributed by atoms with E-state index < -0.39 is 17.7 Å². The van der Waals surface area contributed by atoms with E-state index in [1.165, 1.54) is 32.5 Å². The summed E-state index contributed by atoms with van der Waals surface area (Å²) in [5, 5.41) is 11.6. The lowest BCUT2D eigenvalue weighted by atomic mass is 9.88. The Morgan fingerprint density at radius 3 is 2.16 bits per heavy atom. The van der Waals surface area contributed by atoms with E-state index in [4.69, 9.17) is 14.2 Å². The summed E-state index contributed by atoms with van der Waals surface area (Å²) in [6.45, 7) is 6.69. The lowest BCUT2D eigenvalue weighted by Gasteiger charge is -2.29. The van der Waals surface area contributed by atoms with E-state index in [0.717, 1.165) is 38.8 Å². The quantitative estimate of drug-likeness (QED) is 0.282. The minimum absolute atomic E-state index is 0.0691. The number of nitrogens with zero attached hydrogens (tertiary/aromatic N) is 2. The standard InChI is InChI=1S/C30H38N2O6/c1-6-31(7-2)14-15-32-26(22-17-23(36-3)29(38-5)24(18-22)37-4)25(28(34)30(32)35)27(33)21-13-12-19-10-8-9-11-20(19)16-21/h12-13,16-18,26,33H,6-11,14-15H2,1-5H3/b27-25+. The zero-order chi connectivity index (χ0) is 27.4. The molecule has 1 saturated heterocycles. The molecule has 2 aromatic rings. The van der Waals surface area contributed by atoms with Crippen molar-refractivity contribution in [1.82, 2.24) is 9.80 Å². The minimum atomic E-state index is -0.810. The zero-order valence-corrected chi connectivity index (χ0v) is 23.0. The van der Waals surface area contributed by atoms with Crippen molar-refractivity contribution in [3.63, 3.8) is 0 Å². The molecule has 0 aromatic heterocycles. The summed E-state index contributed by atoms with van der Waals surface area (Å²) in [7, 11) is 4.56. The van der Waals surface area contributed by atoms with Crippen molar-refractivity contribution in [3.05, 3.63) is 58.2 Å². The van der Waals surface area contributed by atoms with Crippen LogP contribution in [0.25, 0.3) is 5.76 Å². The van der Waals surface area contributed by atoms with Crippen molar-refractivity contribution >= 4 is 17.4 Å². The molecule has 38 heavy (non-hydrogen) atoms. The van der Waals surface area contributed by atoms with Gasteiger partial charge in [-0.05, 0) is 73.7 Å². The predicted molar refractivity (Wildman–Crippen MR) is 146 cm³/mol. The van der Waals surface area contributed by atoms with Crippen molar-refractivity contribution in [2.45, 2.75) is 45.6 Å². The fourth-order valence-electron chi connectivity index (χ4n) is 5.54. The highest BCUT2D eigenvalue weighted by Crippen LogP contribution is 2.45. The number of hydrogen-bond acceptors (Lipinski definition) is 7. The van der Waals surface area contributed by atoms with E-state index >= 15 is 0 Å². The SMILES string of the molecule is CCN(CC)CCN1C(=O)C(=O)/C(=C(/O)c2ccc3c(c2)CCCC3)C1c1cc(OC)c(OC)c(OC)c1. The monoisotopic (exact) mass is 522 g/mol. The number of fused-ring (bicyclic) bond motifs is 1. The van der Waals surface area contributed by atoms with E-state index in [1.807, 2.05) is 18.2 Å². The van der Waals surface area contributed by atoms with Crippen molar-refractivity contribution < 1.29 is 28.9 Å². The summed E-state index contributed by atoms with van der Waals surface area (Å²) in [5.74, 6) is -0.266. The molecule has 0 radical (unpaired) electrons. The number of Topliss-reactive ketones (excluding diaryl/α,β-unsaturated/α-hetero) is 1. The van der Waals surface area contributed by atoms with Crippen molar-refractivity contribution in [1.29, 1.82) is 0 Å². The van der Waals surface area contributed by atoms with Crippen LogP contribution in [0.2, 0.25) is 0 Å². The fraction of sp³-hybridized carbons (Fsp3) is 0.467. The van der Waals surface area contributed by atoms with Crippen LogP contribution in [0.5, 0.6) is 17.2 Å². The molecule has 1 heterocycles. The van der Waals surface area contributed by atoms with Gasteiger partial charge in [0.25, 0.3) is 11.7 Å². The molecule has 1 amide bonds. The van der Waals surface area contributed by atoms with Gasteiger partial charge in [-0.2, -0.15) is 0 Å². The number of ketones is 1. The Morgan fingerprint density at radius 2 is 1.58 bits per heavy atom. The number of ether oxygens (including phenoxy) is 3. The van der Waals surface area contributed by atoms with E-state index in [-0.39, 0.29) is 11.3 Å². The largest absolute Gasteiger partial charge is 0.507 e. The van der Waals surface area contributed by atoms with Gasteiger partial charge in [0.2, 0.25) is 5.75 Å². The van der Waals surface area contributed by atoms with Crippen LogP contribution in [0, 0.1) is 0 Å². The number of aliphatic hydroxyl groups is 1. The Kier molecular flexibility index (Phi) is 8.62. The molecule has 0 saturated carbocycles. The first-order valence-corrected chi connectivity index (χ1v) is 13.3. The lowest BCUT2D eigenvalue weighted by molar-refractivity contribution is -0.140. The Labute approximate surface area is 224 Å². The number of aliphatic hydroxyl groups excluding tert-OH is 1. The van der Waals surface area contributed by atoms with Gasteiger partial charge in [-0.1, -0.05) is 26.0 Å². The van der Waals surface area contributed by atoms with E-state index in [2.05, 4.69) is 18.7 Å². The van der Waals surface area contributed by atoms with Gasteiger partial charge < -0.3 is 29.1 Å². The second-order valence-electron chi connectivity index (χ2n) is 9.67. The van der Waals surface area contributed by atoms with Gasteiger partial charge in [0.05, 0.1) is 32.9 Å². The molecule has 1 fully saturated rings. The molecule has 2 aromatic carbocycles. The van der Waals surface area contributed by atoms with E-state index in [0.29, 0.717) is 41.5 Å². The van der Waals surface area contributed by atoms with E-state index in [1.54, 1.807) is 17.0 Å². The number of amides is 1. The number of aryl methyl sites for hydroxylation is 2. The van der Waals surface area contributed by atoms with Crippen LogP contribution in [0.4, 0.5) is 0 Å². The maximum absolute atomic E-state index is 13.5. The van der Waals surface area contributed by atoms with Gasteiger partial charge >= 0.3 is 0 Å². The highest BCUT2D eigenvalue weighted by molar-refractivity contribution is 6.46. The van der Waals surface area contributed by atoms with Gasteiger partial charge in [-0.15, -0.1) is 0 Å². The Hall–Kier alpha value is -3.52. The van der Waals surface area contributed by atoms with Gasteiger partial charge in [-0.25, -0.2) is 0 Å². The van der Waals surface area contributed by atoms with Crippen LogP contribution >= 0.6 is 0 Å². The summed E-state index contributed by atoms with van der Waals surface area (Å²) >= 11 is 0. The molecule has 0 bridgehead atoms. The second kappa shape index (κ2) is 11.9. The average Bonchev–Trinajstić information content (AvgIpc) is 3.21. The van der Waals surface area contributed by atoms with Crippen molar-refractivity contribution in [2.75, 3.05) is 47.5 Å². The molecule has 2 aliphatic rings. The van der Waals surface area contributed by atoms with Crippen LogP contribution in [0.15, 0.2) is 35.9 Å². The maximum atomic E-state index is 13.5. The first-order chi connectivity index (χ1) is 18.4. The molecule has 8 heteroatoms. The summed E-state index contributed by atoms with van der Waals surface area (Å²) in [4.78, 5) is 30.7. The highest BCUT2D eigenvalue weighted by Gasteiger charge is 2.46. The average molecular weight is 523 g/mol. The first-order valence-electron chi connectivity index (χ1n) is 13.3. The maximum Gasteiger partial charge on any atom is 0.295 e. The molecule has 1 N–H and O–H groups in total. The topological polar surface area (TPSA) is 88.5 Å². The molecule has 1 aliphatic heterocycles. The Balaban J connectivity index is 1.88. The number of likely N-dealkylation sites (N-methyl/N-ethyl adjacent to an activating group) is 1. The van der Waals surface area contributed by atoms with Gasteiger partial charge in [0.15, 0.2) is 11.5 Å². The Bertz CT molecular complexity index is 1210. The molecule has 1 aliphatic carbocycles. The van der Waals surface area contributed by atoms with Crippen LogP contribution in [0.3, 0.4) is 0 Å². The van der Waals surface area contributed by atoms with Gasteiger partial charge in [0.1, 0.15) is 5.76 Å². The minimum Gasteiger partial charge on any atom is -0.507 e. The molecule has 4 rings (SSSR count). The third-order valence-corrected chi connectivity index (χ3v) is 7.72. The molecular formula is C30H38N2O6. The fourth-order valence-corrected chi connectivity index (χ4v) is 5.54. The van der Waals surface area contributed by atoms with Crippen LogP contribution < -0.4 is 14.2 Å². The number of likely N-dealkylation sites (tertiary alicyclic amines) is 1. The molecule has 204 valence electrons. The smallest absolute Gasteiger partial charge is 0.295 e. The van der Waals surface area contributed by atoms with Crippen molar-refractivity contribution in [2.24, 2.45) is 0 Å². The highest BCUT2D eigenvalue weighted by atomic mass is 16.5. The predicted octanol–water partition coefficient (Wildman–Crippen LogP) is 4.35. The number of methoxy groups -OCH3 is 3. The van der Waals surface area contributed by atoms with Crippen LogP contribution in [-0.4, -0.2) is 74.1 Å². The number of hydrogen-bond donors (Lipinski definition) is 1. The normalized spacial score (nSPS) is 18.6. The first kappa shape index (κ1) is 27.5. The summed E-state index contributed by atoms with van der Waals surface area (Å²) in [6.07, 6.45) is 4.19. The van der Waals surface area contributed by atoms with Crippen LogP contribution in [0.1, 0.15) is 55.0 Å². The number of carbonyl (C=O) groups is 2. The van der Waals surface area contributed by atoms with E-state index in [9.17, 15) is 14.7 Å². The summed E-state index contributed by atoms with van der Waals surface area (Å²) < 4.78 is 16.6. The second-order valence-corrected chi connectivity index (χ2v) is 9.67. The molecular weight excluding hydrogens is 484 g/mol. The Morgan fingerprint density at radius 1 is 0.947 bits per heavy atom. The van der Waals surface area contributed by atoms with Crippen molar-refractivity contribution in [3.8, 4) is 17.2 Å². The summed E-state index contributed by atoms with van der Waals surface area (Å²) in [5.41, 5.74) is 3.66. The lowest BCUT2D eigenvalue weighted by Crippen LogP contribution is -2.38. The van der Waals surface area contributed by atoms with Crippen LogP contribution in [-0.2, 0) is 22.4 Å². The summed E-state index contributed by atoms with van der Waals surface area (Å²) in [6, 6.07) is 8.49. The number of benzene rings is 2. The molecule has 0 spiro atoms. The third-order valence-electron chi connectivity index (χ3n) is 7.72. The zero-order valence-electron chi connectivity index (χ0n) is 23.0. The molecule has 8 nitrogen and oxygen atoms in total. The third kappa shape index (κ3) is 5.10. The van der Waals surface area contributed by atoms with Gasteiger partial charge in [-0.3, -0.25) is 9.59 Å². The van der Waals surface area contributed by atoms with Gasteiger partial charge in [0, 0.05) is 18.7 Å².